The van der Waals surface area contributed by atoms with Gasteiger partial charge in [-0.15, -0.1) is 0 Å². The third-order valence-corrected chi connectivity index (χ3v) is 3.27. The van der Waals surface area contributed by atoms with Gasteiger partial charge in [-0.05, 0) is 19.8 Å². The summed E-state index contributed by atoms with van der Waals surface area (Å²) in [5.74, 6) is 0.127. The number of carbonyl (C=O) groups is 1. The van der Waals surface area contributed by atoms with Crippen LogP contribution in [-0.2, 0) is 4.79 Å². The second-order valence-electron chi connectivity index (χ2n) is 3.12. The summed E-state index contributed by atoms with van der Waals surface area (Å²) in [5, 5.41) is 0. The second kappa shape index (κ2) is 3.37. The van der Waals surface area contributed by atoms with Crippen LogP contribution >= 0.6 is 22.9 Å². The lowest BCUT2D eigenvalue weighted by Gasteiger charge is -2.34. The summed E-state index contributed by atoms with van der Waals surface area (Å²) in [5.41, 5.74) is 5.36. The van der Waals surface area contributed by atoms with Crippen LogP contribution in [0, 0.1) is 0 Å². The van der Waals surface area contributed by atoms with Gasteiger partial charge in [0, 0.05) is 36.0 Å². The molecule has 0 radical (unpaired) electrons. The second-order valence-corrected chi connectivity index (χ2v) is 4.49. The minimum Gasteiger partial charge on any atom is -0.319 e. The van der Waals surface area contributed by atoms with Crippen molar-refractivity contribution in [3.05, 3.63) is 0 Å². The largest absolute Gasteiger partial charge is 0.319 e. The molecule has 0 aromatic rings. The van der Waals surface area contributed by atoms with E-state index in [1.54, 1.807) is 6.92 Å². The zero-order valence-electron chi connectivity index (χ0n) is 6.64. The Balaban J connectivity index is 2.55. The Labute approximate surface area is 80.8 Å². The highest BCUT2D eigenvalue weighted by Gasteiger charge is 2.33. The lowest BCUT2D eigenvalue weighted by molar-refractivity contribution is -0.123. The summed E-state index contributed by atoms with van der Waals surface area (Å²) >= 11 is 2.26. The van der Waals surface area contributed by atoms with E-state index < -0.39 is 5.54 Å². The van der Waals surface area contributed by atoms with Crippen molar-refractivity contribution in [3.63, 3.8) is 0 Å². The highest BCUT2D eigenvalue weighted by atomic mass is 127. The van der Waals surface area contributed by atoms with Crippen LogP contribution in [0.3, 0.4) is 0 Å². The molecule has 1 aliphatic rings. The summed E-state index contributed by atoms with van der Waals surface area (Å²) < 4.78 is 2.17. The number of rotatable bonds is 1. The molecule has 4 heteroatoms. The van der Waals surface area contributed by atoms with E-state index in [1.807, 2.05) is 0 Å². The molecule has 1 fully saturated rings. The number of piperidine rings is 1. The number of carbonyl (C=O) groups excluding carboxylic acids is 1. The van der Waals surface area contributed by atoms with Gasteiger partial charge in [-0.1, -0.05) is 0 Å². The fraction of sp³-hybridized carbons (Fsp3) is 0.857. The van der Waals surface area contributed by atoms with Gasteiger partial charge in [0.15, 0.2) is 0 Å². The van der Waals surface area contributed by atoms with Crippen molar-refractivity contribution in [3.8, 4) is 0 Å². The molecular formula is C7H13IN2O. The van der Waals surface area contributed by atoms with Crippen molar-refractivity contribution in [2.75, 3.05) is 13.1 Å². The van der Waals surface area contributed by atoms with Gasteiger partial charge < -0.3 is 5.73 Å². The zero-order chi connectivity index (χ0) is 8.48. The molecule has 2 N–H and O–H groups in total. The molecule has 0 atom stereocenters. The normalized spacial score (nSPS) is 25.0. The predicted molar refractivity (Wildman–Crippen MR) is 52.4 cm³/mol. The molecule has 0 aliphatic carbocycles. The molecule has 0 bridgehead atoms. The van der Waals surface area contributed by atoms with Crippen LogP contribution in [-0.4, -0.2) is 27.5 Å². The summed E-state index contributed by atoms with van der Waals surface area (Å²) in [6, 6.07) is 0. The van der Waals surface area contributed by atoms with E-state index in [9.17, 15) is 4.79 Å². The first-order chi connectivity index (χ1) is 5.04. The van der Waals surface area contributed by atoms with Crippen LogP contribution < -0.4 is 5.73 Å². The van der Waals surface area contributed by atoms with Crippen LogP contribution in [0.5, 0.6) is 0 Å². The van der Waals surface area contributed by atoms with E-state index in [2.05, 4.69) is 26.0 Å². The molecule has 1 heterocycles. The molecule has 1 aliphatic heterocycles. The van der Waals surface area contributed by atoms with Gasteiger partial charge in [-0.2, -0.15) is 0 Å². The van der Waals surface area contributed by atoms with Crippen molar-refractivity contribution in [2.24, 2.45) is 5.73 Å². The highest BCUT2D eigenvalue weighted by molar-refractivity contribution is 14.1. The quantitative estimate of drug-likeness (QED) is 0.563. The summed E-state index contributed by atoms with van der Waals surface area (Å²) in [6.45, 7) is 3.44. The Morgan fingerprint density at radius 2 is 2.00 bits per heavy atom. The molecule has 1 rings (SSSR count). The highest BCUT2D eigenvalue weighted by Crippen LogP contribution is 2.22. The van der Waals surface area contributed by atoms with Gasteiger partial charge in [0.2, 0.25) is 0 Å². The Hall–Kier alpha value is 0.320. The molecule has 0 amide bonds. The third kappa shape index (κ3) is 2.13. The van der Waals surface area contributed by atoms with Crippen LogP contribution in [0.1, 0.15) is 19.8 Å². The number of hydrogen-bond donors (Lipinski definition) is 1. The topological polar surface area (TPSA) is 46.3 Å². The fourth-order valence-electron chi connectivity index (χ4n) is 1.23. The Morgan fingerprint density at radius 3 is 2.36 bits per heavy atom. The van der Waals surface area contributed by atoms with E-state index in [1.165, 1.54) is 0 Å². The molecule has 0 saturated carbocycles. The van der Waals surface area contributed by atoms with Gasteiger partial charge in [-0.25, -0.2) is 3.11 Å². The average molecular weight is 268 g/mol. The molecule has 0 aromatic carbocycles. The van der Waals surface area contributed by atoms with Crippen molar-refractivity contribution in [1.29, 1.82) is 0 Å². The maximum absolute atomic E-state index is 11.1. The number of Topliss-reactive ketones (excluding diaryl/α,β-unsaturated/α-hetero) is 1. The van der Waals surface area contributed by atoms with E-state index >= 15 is 0 Å². The summed E-state index contributed by atoms with van der Waals surface area (Å²) in [4.78, 5) is 11.1. The van der Waals surface area contributed by atoms with E-state index in [0.29, 0.717) is 0 Å². The first-order valence-electron chi connectivity index (χ1n) is 3.75. The number of halogens is 1. The maximum Gasteiger partial charge on any atom is 0.149 e. The van der Waals surface area contributed by atoms with Crippen LogP contribution in [0.15, 0.2) is 0 Å². The van der Waals surface area contributed by atoms with Crippen molar-refractivity contribution >= 4 is 28.6 Å². The fourth-order valence-corrected chi connectivity index (χ4v) is 1.71. The van der Waals surface area contributed by atoms with Crippen molar-refractivity contribution in [1.82, 2.24) is 3.11 Å². The molecule has 0 aromatic heterocycles. The Bertz CT molecular complexity index is 164. The molecule has 64 valence electrons. The smallest absolute Gasteiger partial charge is 0.149 e. The first kappa shape index (κ1) is 9.41. The molecule has 11 heavy (non-hydrogen) atoms. The van der Waals surface area contributed by atoms with Crippen molar-refractivity contribution in [2.45, 2.75) is 25.3 Å². The third-order valence-electron chi connectivity index (χ3n) is 2.30. The lowest BCUT2D eigenvalue weighted by atomic mass is 9.86. The van der Waals surface area contributed by atoms with Crippen LogP contribution in [0.2, 0.25) is 0 Å². The van der Waals surface area contributed by atoms with Gasteiger partial charge in [-0.3, -0.25) is 4.79 Å². The van der Waals surface area contributed by atoms with E-state index in [0.717, 1.165) is 25.9 Å². The summed E-state index contributed by atoms with van der Waals surface area (Å²) in [6.07, 6.45) is 1.59. The molecule has 0 unspecified atom stereocenters. The van der Waals surface area contributed by atoms with Crippen LogP contribution in [0.4, 0.5) is 0 Å². The average Bonchev–Trinajstić information content (AvgIpc) is 1.95. The van der Waals surface area contributed by atoms with E-state index in [4.69, 9.17) is 5.73 Å². The Kier molecular flexibility index (Phi) is 2.88. The number of ketones is 1. The van der Waals surface area contributed by atoms with Gasteiger partial charge in [0.1, 0.15) is 5.78 Å². The Morgan fingerprint density at radius 1 is 1.55 bits per heavy atom. The minimum atomic E-state index is -0.526. The number of nitrogens with zero attached hydrogens (tertiary/aromatic N) is 1. The maximum atomic E-state index is 11.1. The minimum absolute atomic E-state index is 0.127. The standard InChI is InChI=1S/C7H13IN2O/c1-6(11)7(9)2-4-10(8)5-3-7/h2-5,9H2,1H3. The van der Waals surface area contributed by atoms with Gasteiger partial charge >= 0.3 is 0 Å². The van der Waals surface area contributed by atoms with Crippen LogP contribution in [0.25, 0.3) is 0 Å². The number of hydrogen-bond acceptors (Lipinski definition) is 3. The monoisotopic (exact) mass is 268 g/mol. The lowest BCUT2D eigenvalue weighted by Crippen LogP contribution is -2.53. The summed E-state index contributed by atoms with van der Waals surface area (Å²) in [7, 11) is 0. The zero-order valence-corrected chi connectivity index (χ0v) is 8.80. The van der Waals surface area contributed by atoms with Crippen molar-refractivity contribution < 1.29 is 4.79 Å². The first-order valence-corrected chi connectivity index (χ1v) is 4.72. The molecule has 1 saturated heterocycles. The van der Waals surface area contributed by atoms with E-state index in [-0.39, 0.29) is 5.78 Å². The number of nitrogens with two attached hydrogens (primary N) is 1. The molecule has 0 spiro atoms. The predicted octanol–water partition coefficient (Wildman–Crippen LogP) is 0.719. The molecule has 3 nitrogen and oxygen atoms in total. The SMILES string of the molecule is CC(=O)C1(N)CCN(I)CC1. The van der Waals surface area contributed by atoms with Gasteiger partial charge in [0.05, 0.1) is 5.54 Å². The van der Waals surface area contributed by atoms with Gasteiger partial charge in [0.25, 0.3) is 0 Å². The molecular weight excluding hydrogens is 255 g/mol.